The second kappa shape index (κ2) is 10.3. The number of nitrogens with zero attached hydrogens (tertiary/aromatic N) is 4. The predicted octanol–water partition coefficient (Wildman–Crippen LogP) is 5.29. The van der Waals surface area contributed by atoms with E-state index in [1.807, 2.05) is 6.92 Å². The van der Waals surface area contributed by atoms with Crippen LogP contribution in [0.15, 0.2) is 36.8 Å². The van der Waals surface area contributed by atoms with Crippen molar-refractivity contribution < 1.29 is 18.6 Å². The maximum atomic E-state index is 15.7. The Balaban J connectivity index is 1.40. The van der Waals surface area contributed by atoms with Gasteiger partial charge in [0.1, 0.15) is 11.8 Å². The van der Waals surface area contributed by atoms with Gasteiger partial charge in [0, 0.05) is 49.4 Å². The molecule has 0 aliphatic carbocycles. The van der Waals surface area contributed by atoms with Gasteiger partial charge in [-0.25, -0.2) is 13.8 Å². The van der Waals surface area contributed by atoms with E-state index in [1.54, 1.807) is 24.8 Å². The summed E-state index contributed by atoms with van der Waals surface area (Å²) in [5.41, 5.74) is 1.19. The molecule has 1 saturated heterocycles. The lowest BCUT2D eigenvalue weighted by molar-refractivity contribution is 0.163. The minimum atomic E-state index is -0.670. The third kappa shape index (κ3) is 5.01. The van der Waals surface area contributed by atoms with E-state index >= 15 is 8.78 Å². The van der Waals surface area contributed by atoms with Crippen molar-refractivity contribution in [2.45, 2.75) is 38.5 Å². The Morgan fingerprint density at radius 2 is 1.89 bits per heavy atom. The van der Waals surface area contributed by atoms with Crippen molar-refractivity contribution in [2.24, 2.45) is 0 Å². The fraction of sp³-hybridized carbons (Fsp3) is 0.346. The van der Waals surface area contributed by atoms with E-state index in [4.69, 9.17) is 27.9 Å². The number of pyridine rings is 2. The molecule has 0 bridgehead atoms. The van der Waals surface area contributed by atoms with Crippen LogP contribution in [0.4, 0.5) is 14.6 Å². The summed E-state index contributed by atoms with van der Waals surface area (Å²) in [6.45, 7) is 6.93. The van der Waals surface area contributed by atoms with Gasteiger partial charge in [0.2, 0.25) is 0 Å². The maximum Gasteiger partial charge on any atom is 0.176 e. The number of ether oxygens (including phenoxy) is 1. The number of hydrogen-bond acceptors (Lipinski definition) is 7. The van der Waals surface area contributed by atoms with Crippen molar-refractivity contribution in [3.05, 3.63) is 64.0 Å². The molecule has 12 heteroatoms. The molecule has 0 spiro atoms. The van der Waals surface area contributed by atoms with Crippen LogP contribution in [0, 0.1) is 11.6 Å². The van der Waals surface area contributed by atoms with Crippen molar-refractivity contribution in [3.63, 3.8) is 0 Å². The number of aliphatic hydroxyl groups is 1. The average Bonchev–Trinajstić information content (AvgIpc) is 3.28. The maximum absolute atomic E-state index is 15.7. The fourth-order valence-corrected chi connectivity index (χ4v) is 5.33. The molecule has 0 unspecified atom stereocenters. The summed E-state index contributed by atoms with van der Waals surface area (Å²) in [6, 6.07) is 4.41. The van der Waals surface area contributed by atoms with E-state index in [9.17, 15) is 5.11 Å². The van der Waals surface area contributed by atoms with Gasteiger partial charge in [-0.2, -0.15) is 5.10 Å². The molecule has 2 atom stereocenters. The first-order chi connectivity index (χ1) is 18.1. The molecule has 0 amide bonds. The largest absolute Gasteiger partial charge is 0.483 e. The van der Waals surface area contributed by atoms with E-state index in [0.29, 0.717) is 46.3 Å². The van der Waals surface area contributed by atoms with Gasteiger partial charge >= 0.3 is 0 Å². The summed E-state index contributed by atoms with van der Waals surface area (Å²) in [4.78, 5) is 10.0. The molecular formula is C26H26Cl2F2N6O2. The summed E-state index contributed by atoms with van der Waals surface area (Å²) in [7, 11) is 0. The minimum absolute atomic E-state index is 0.0359. The van der Waals surface area contributed by atoms with Gasteiger partial charge in [0.05, 0.1) is 32.6 Å². The molecule has 0 saturated carbocycles. The summed E-state index contributed by atoms with van der Waals surface area (Å²) < 4.78 is 36.7. The number of rotatable bonds is 8. The van der Waals surface area contributed by atoms with Gasteiger partial charge in [-0.15, -0.1) is 0 Å². The molecule has 4 aromatic rings. The van der Waals surface area contributed by atoms with E-state index in [2.05, 4.69) is 25.5 Å². The predicted molar refractivity (Wildman–Crippen MR) is 143 cm³/mol. The average molecular weight is 563 g/mol. The first-order valence-corrected chi connectivity index (χ1v) is 12.8. The Morgan fingerprint density at radius 3 is 2.55 bits per heavy atom. The molecule has 1 aliphatic rings. The molecular weight excluding hydrogens is 537 g/mol. The second-order valence-corrected chi connectivity index (χ2v) is 10.6. The number of aromatic nitrogens is 4. The van der Waals surface area contributed by atoms with Crippen LogP contribution in [-0.4, -0.2) is 56.5 Å². The van der Waals surface area contributed by atoms with Crippen LogP contribution < -0.4 is 15.0 Å². The van der Waals surface area contributed by atoms with Gasteiger partial charge in [0.15, 0.2) is 23.2 Å². The van der Waals surface area contributed by atoms with Gasteiger partial charge in [0.25, 0.3) is 0 Å². The number of halogens is 4. The summed E-state index contributed by atoms with van der Waals surface area (Å²) in [6.07, 6.45) is 3.21. The Hall–Kier alpha value is -3.05. The lowest BCUT2D eigenvalue weighted by atomic mass is 9.92. The number of nitrogens with one attached hydrogen (secondary N) is 2. The zero-order valence-electron chi connectivity index (χ0n) is 20.9. The number of benzene rings is 1. The monoisotopic (exact) mass is 562 g/mol. The fourth-order valence-electron chi connectivity index (χ4n) is 4.66. The summed E-state index contributed by atoms with van der Waals surface area (Å²) in [5.74, 6) is -1.04. The van der Waals surface area contributed by atoms with Crippen LogP contribution in [-0.2, 0) is 0 Å². The Bertz CT molecular complexity index is 1470. The van der Waals surface area contributed by atoms with Crippen molar-refractivity contribution in [3.8, 4) is 17.0 Å². The highest BCUT2D eigenvalue weighted by Crippen LogP contribution is 2.38. The molecule has 8 nitrogen and oxygen atoms in total. The normalized spacial score (nSPS) is 16.4. The highest BCUT2D eigenvalue weighted by molar-refractivity contribution is 6.35. The van der Waals surface area contributed by atoms with E-state index < -0.39 is 23.8 Å². The molecule has 3 aromatic heterocycles. The highest BCUT2D eigenvalue weighted by Gasteiger charge is 2.40. The summed E-state index contributed by atoms with van der Waals surface area (Å²) in [5, 5.41) is 20.6. The Morgan fingerprint density at radius 1 is 1.18 bits per heavy atom. The van der Waals surface area contributed by atoms with E-state index in [0.717, 1.165) is 0 Å². The molecule has 200 valence electrons. The Kier molecular flexibility index (Phi) is 7.17. The van der Waals surface area contributed by atoms with Gasteiger partial charge in [-0.05, 0) is 39.0 Å². The molecule has 1 aromatic carbocycles. The SMILES string of the molecule is C[C@@H](O)CNC1(C)CN(c2ncc(-c3n[nH]c4ccc(O[C@H](C)c5c(Cl)cncc5Cl)c(F)c34)cc2F)C1. The first-order valence-electron chi connectivity index (χ1n) is 12.0. The van der Waals surface area contributed by atoms with Crippen LogP contribution in [0.25, 0.3) is 22.2 Å². The van der Waals surface area contributed by atoms with Crippen LogP contribution in [0.5, 0.6) is 5.75 Å². The van der Waals surface area contributed by atoms with Crippen LogP contribution in [0.1, 0.15) is 32.4 Å². The molecule has 3 N–H and O–H groups in total. The molecule has 5 rings (SSSR count). The molecule has 1 aliphatic heterocycles. The van der Waals surface area contributed by atoms with E-state index in [-0.39, 0.29) is 28.2 Å². The zero-order chi connectivity index (χ0) is 27.2. The van der Waals surface area contributed by atoms with E-state index in [1.165, 1.54) is 30.7 Å². The van der Waals surface area contributed by atoms with Crippen molar-refractivity contribution in [2.75, 3.05) is 24.5 Å². The van der Waals surface area contributed by atoms with Gasteiger partial charge in [-0.3, -0.25) is 10.1 Å². The number of H-pyrrole nitrogens is 1. The number of fused-ring (bicyclic) bond motifs is 1. The highest BCUT2D eigenvalue weighted by atomic mass is 35.5. The number of β-amino-alcohol motifs (C(OH)–C–C–N with tert-alkyl or cyclic N) is 1. The standard InChI is InChI=1S/C26H26Cl2F2N6O2/c1-13(37)7-33-26(3)11-36(12-26)25-18(29)6-15(8-32-25)24-22-19(34-35-24)4-5-20(23(22)30)38-14(2)21-16(27)9-31-10-17(21)28/h4-6,8-10,13-14,33,37H,7,11-12H2,1-3H3,(H,34,35)/t13-,14-/m1/s1. The second-order valence-electron chi connectivity index (χ2n) is 9.83. The first kappa shape index (κ1) is 26.6. The molecule has 1 fully saturated rings. The Labute approximate surface area is 227 Å². The number of aliphatic hydroxyl groups excluding tert-OH is 1. The third-order valence-electron chi connectivity index (χ3n) is 6.53. The molecule has 0 radical (unpaired) electrons. The number of aromatic amines is 1. The molecule has 4 heterocycles. The van der Waals surface area contributed by atoms with Crippen LogP contribution in [0.2, 0.25) is 10.0 Å². The smallest absolute Gasteiger partial charge is 0.176 e. The number of anilines is 1. The van der Waals surface area contributed by atoms with Crippen molar-refractivity contribution >= 4 is 39.9 Å². The van der Waals surface area contributed by atoms with Gasteiger partial charge in [-0.1, -0.05) is 23.2 Å². The minimum Gasteiger partial charge on any atom is -0.483 e. The summed E-state index contributed by atoms with van der Waals surface area (Å²) >= 11 is 12.5. The topological polar surface area (TPSA) is 99.2 Å². The zero-order valence-corrected chi connectivity index (χ0v) is 22.4. The van der Waals surface area contributed by atoms with Crippen molar-refractivity contribution in [1.82, 2.24) is 25.5 Å². The third-order valence-corrected chi connectivity index (χ3v) is 7.13. The lowest BCUT2D eigenvalue weighted by Crippen LogP contribution is -2.68. The molecule has 38 heavy (non-hydrogen) atoms. The van der Waals surface area contributed by atoms with Crippen LogP contribution >= 0.6 is 23.2 Å². The lowest BCUT2D eigenvalue weighted by Gasteiger charge is -2.49. The van der Waals surface area contributed by atoms with Crippen molar-refractivity contribution in [1.29, 1.82) is 0 Å². The van der Waals surface area contributed by atoms with Crippen LogP contribution in [0.3, 0.4) is 0 Å². The quantitative estimate of drug-likeness (QED) is 0.268. The number of hydrogen-bond donors (Lipinski definition) is 3. The van der Waals surface area contributed by atoms with Gasteiger partial charge < -0.3 is 20.1 Å².